The van der Waals surface area contributed by atoms with E-state index in [9.17, 15) is 14.0 Å². The molecule has 0 radical (unpaired) electrons. The van der Waals surface area contributed by atoms with Crippen LogP contribution in [0.25, 0.3) is 17.1 Å². The highest BCUT2D eigenvalue weighted by atomic mass is 19.1. The van der Waals surface area contributed by atoms with Gasteiger partial charge in [0.15, 0.2) is 0 Å². The highest BCUT2D eigenvalue weighted by Crippen LogP contribution is 2.15. The average molecular weight is 407 g/mol. The van der Waals surface area contributed by atoms with Crippen molar-refractivity contribution in [3.63, 3.8) is 0 Å². The van der Waals surface area contributed by atoms with Crippen LogP contribution in [0.2, 0.25) is 0 Å². The Morgan fingerprint density at radius 2 is 1.80 bits per heavy atom. The molecule has 0 bridgehead atoms. The van der Waals surface area contributed by atoms with E-state index >= 15 is 0 Å². The van der Waals surface area contributed by atoms with Gasteiger partial charge in [-0.25, -0.2) is 9.07 Å². The number of nitrogens with one attached hydrogen (secondary N) is 1. The number of para-hydroxylation sites is 1. The van der Waals surface area contributed by atoms with E-state index in [0.717, 1.165) is 4.80 Å². The number of hydrogen-bond acceptors (Lipinski definition) is 5. The molecule has 0 unspecified atom stereocenters. The van der Waals surface area contributed by atoms with Gasteiger partial charge in [-0.3, -0.25) is 14.3 Å². The summed E-state index contributed by atoms with van der Waals surface area (Å²) in [4.78, 5) is 26.5. The van der Waals surface area contributed by atoms with Crippen molar-refractivity contribution < 1.29 is 9.18 Å². The van der Waals surface area contributed by atoms with Crippen LogP contribution in [0.1, 0.15) is 5.69 Å². The highest BCUT2D eigenvalue weighted by molar-refractivity contribution is 5.90. The van der Waals surface area contributed by atoms with Crippen LogP contribution in [-0.4, -0.2) is 35.5 Å². The number of anilines is 1. The van der Waals surface area contributed by atoms with Crippen LogP contribution >= 0.6 is 0 Å². The first-order valence-electron chi connectivity index (χ1n) is 9.11. The van der Waals surface area contributed by atoms with E-state index in [2.05, 4.69) is 20.7 Å². The normalized spacial score (nSPS) is 10.9. The van der Waals surface area contributed by atoms with Gasteiger partial charge in [0.05, 0.1) is 11.4 Å². The molecule has 152 valence electrons. The maximum atomic E-state index is 13.0. The smallest absolute Gasteiger partial charge is 0.295 e. The van der Waals surface area contributed by atoms with Gasteiger partial charge in [0, 0.05) is 12.6 Å². The number of carbonyl (C=O) groups is 1. The second-order valence-electron chi connectivity index (χ2n) is 6.64. The fourth-order valence-corrected chi connectivity index (χ4v) is 3.04. The molecule has 30 heavy (non-hydrogen) atoms. The van der Waals surface area contributed by atoms with Gasteiger partial charge < -0.3 is 5.32 Å². The molecule has 1 amide bonds. The topological polar surface area (TPSA) is 99.6 Å². The third kappa shape index (κ3) is 3.62. The van der Waals surface area contributed by atoms with Gasteiger partial charge in [-0.15, -0.1) is 10.2 Å². The monoisotopic (exact) mass is 407 g/mol. The number of tetrazole rings is 1. The minimum absolute atomic E-state index is 0.185. The Balaban J connectivity index is 1.53. The second kappa shape index (κ2) is 7.74. The van der Waals surface area contributed by atoms with Gasteiger partial charge in [-0.05, 0) is 48.5 Å². The molecular weight excluding hydrogens is 389 g/mol. The van der Waals surface area contributed by atoms with E-state index in [1.54, 1.807) is 18.7 Å². The zero-order valence-electron chi connectivity index (χ0n) is 16.3. The Labute approximate surface area is 170 Å². The van der Waals surface area contributed by atoms with Crippen molar-refractivity contribution in [3.05, 3.63) is 76.5 Å². The third-order valence-electron chi connectivity index (χ3n) is 4.66. The molecule has 0 aliphatic heterocycles. The molecule has 2 aromatic heterocycles. The lowest BCUT2D eigenvalue weighted by atomic mass is 10.2. The molecule has 9 nitrogen and oxygen atoms in total. The van der Waals surface area contributed by atoms with Gasteiger partial charge in [-0.1, -0.05) is 18.2 Å². The van der Waals surface area contributed by atoms with E-state index in [1.807, 2.05) is 30.3 Å². The lowest BCUT2D eigenvalue weighted by molar-refractivity contribution is -0.117. The van der Waals surface area contributed by atoms with Crippen molar-refractivity contribution in [3.8, 4) is 17.1 Å². The Kier molecular flexibility index (Phi) is 4.97. The minimum atomic E-state index is -0.468. The first kappa shape index (κ1) is 19.2. The third-order valence-corrected chi connectivity index (χ3v) is 4.66. The molecule has 0 aliphatic rings. The standard InChI is InChI=1S/C20H18FN7O2/c1-13-18(20(30)28(26(13)2)16-6-4-3-5-7-16)22-17(29)12-27-24-19(23-25-27)14-8-10-15(21)11-9-14/h3-11H,12H2,1-2H3,(H,22,29). The van der Waals surface area contributed by atoms with Crippen molar-refractivity contribution in [2.24, 2.45) is 7.05 Å². The van der Waals surface area contributed by atoms with Crippen LogP contribution in [0.4, 0.5) is 10.1 Å². The summed E-state index contributed by atoms with van der Waals surface area (Å²) in [5.41, 5.74) is 1.72. The van der Waals surface area contributed by atoms with Gasteiger partial charge in [-0.2, -0.15) is 4.80 Å². The van der Waals surface area contributed by atoms with Crippen molar-refractivity contribution in [2.75, 3.05) is 5.32 Å². The number of rotatable bonds is 5. The molecule has 1 N–H and O–H groups in total. The molecule has 2 heterocycles. The number of benzene rings is 2. The number of carbonyl (C=O) groups excluding carboxylic acids is 1. The zero-order chi connectivity index (χ0) is 21.3. The summed E-state index contributed by atoms with van der Waals surface area (Å²) in [5, 5.41) is 14.5. The van der Waals surface area contributed by atoms with Crippen molar-refractivity contribution in [1.82, 2.24) is 29.6 Å². The molecule has 0 saturated carbocycles. The fraction of sp³-hybridized carbons (Fsp3) is 0.150. The summed E-state index contributed by atoms with van der Waals surface area (Å²) >= 11 is 0. The maximum absolute atomic E-state index is 13.0. The summed E-state index contributed by atoms with van der Waals surface area (Å²) in [6, 6.07) is 14.8. The molecule has 2 aromatic carbocycles. The predicted molar refractivity (Wildman–Crippen MR) is 108 cm³/mol. The number of nitrogens with zero attached hydrogens (tertiary/aromatic N) is 6. The maximum Gasteiger partial charge on any atom is 0.295 e. The van der Waals surface area contributed by atoms with Gasteiger partial charge >= 0.3 is 0 Å². The van der Waals surface area contributed by atoms with Crippen molar-refractivity contribution in [2.45, 2.75) is 13.5 Å². The van der Waals surface area contributed by atoms with Crippen molar-refractivity contribution >= 4 is 11.6 Å². The van der Waals surface area contributed by atoms with E-state index in [4.69, 9.17) is 0 Å². The minimum Gasteiger partial charge on any atom is -0.318 e. The molecule has 0 fully saturated rings. The first-order valence-corrected chi connectivity index (χ1v) is 9.11. The van der Waals surface area contributed by atoms with E-state index in [0.29, 0.717) is 16.9 Å². The van der Waals surface area contributed by atoms with Crippen LogP contribution in [-0.2, 0) is 18.4 Å². The van der Waals surface area contributed by atoms with Gasteiger partial charge in [0.25, 0.3) is 5.56 Å². The summed E-state index contributed by atoms with van der Waals surface area (Å²) < 4.78 is 16.2. The highest BCUT2D eigenvalue weighted by Gasteiger charge is 2.19. The predicted octanol–water partition coefficient (Wildman–Crippen LogP) is 1.92. The number of aromatic nitrogens is 6. The summed E-state index contributed by atoms with van der Waals surface area (Å²) in [6.07, 6.45) is 0. The van der Waals surface area contributed by atoms with Gasteiger partial charge in [0.1, 0.15) is 18.0 Å². The molecule has 0 saturated heterocycles. The molecule has 4 aromatic rings. The van der Waals surface area contributed by atoms with E-state index in [1.165, 1.54) is 28.9 Å². The van der Waals surface area contributed by atoms with Crippen LogP contribution in [0, 0.1) is 12.7 Å². The van der Waals surface area contributed by atoms with Gasteiger partial charge in [0.2, 0.25) is 11.7 Å². The number of halogens is 1. The van der Waals surface area contributed by atoms with E-state index < -0.39 is 5.91 Å². The Morgan fingerprint density at radius 1 is 1.10 bits per heavy atom. The molecule has 0 atom stereocenters. The first-order chi connectivity index (χ1) is 14.4. The molecule has 0 spiro atoms. The second-order valence-corrected chi connectivity index (χ2v) is 6.64. The summed E-state index contributed by atoms with van der Waals surface area (Å²) in [6.45, 7) is 1.52. The molecular formula is C20H18FN7O2. The lowest BCUT2D eigenvalue weighted by Gasteiger charge is -2.07. The SMILES string of the molecule is Cc1c(NC(=O)Cn2nnc(-c3ccc(F)cc3)n2)c(=O)n(-c2ccccc2)n1C. The fourth-order valence-electron chi connectivity index (χ4n) is 3.04. The number of hydrogen-bond donors (Lipinski definition) is 1. The molecule has 10 heteroatoms. The number of amides is 1. The average Bonchev–Trinajstić information content (AvgIpc) is 3.28. The van der Waals surface area contributed by atoms with Crippen molar-refractivity contribution in [1.29, 1.82) is 0 Å². The van der Waals surface area contributed by atoms with Crippen LogP contribution in [0.5, 0.6) is 0 Å². The van der Waals surface area contributed by atoms with Crippen LogP contribution in [0.3, 0.4) is 0 Å². The Morgan fingerprint density at radius 3 is 2.50 bits per heavy atom. The van der Waals surface area contributed by atoms with Crippen LogP contribution in [0.15, 0.2) is 59.4 Å². The molecule has 4 rings (SSSR count). The largest absolute Gasteiger partial charge is 0.318 e. The Bertz CT molecular complexity index is 1260. The Hall–Kier alpha value is -4.08. The lowest BCUT2D eigenvalue weighted by Crippen LogP contribution is -2.25. The van der Waals surface area contributed by atoms with E-state index in [-0.39, 0.29) is 29.4 Å². The molecule has 0 aliphatic carbocycles. The summed E-state index contributed by atoms with van der Waals surface area (Å²) in [5.74, 6) is -0.570. The van der Waals surface area contributed by atoms with Crippen LogP contribution < -0.4 is 10.9 Å². The summed E-state index contributed by atoms with van der Waals surface area (Å²) in [7, 11) is 1.74. The quantitative estimate of drug-likeness (QED) is 0.545. The zero-order valence-corrected chi connectivity index (χ0v) is 16.3.